The Hall–Kier alpha value is -3.12. The molecule has 0 aliphatic carbocycles. The lowest BCUT2D eigenvalue weighted by Crippen LogP contribution is -2.30. The van der Waals surface area contributed by atoms with E-state index in [9.17, 15) is 13.2 Å². The molecule has 0 radical (unpaired) electrons. The number of para-hydroxylation sites is 2. The van der Waals surface area contributed by atoms with Gasteiger partial charge in [-0.3, -0.25) is 9.10 Å². The summed E-state index contributed by atoms with van der Waals surface area (Å²) in [6.45, 7) is 7.92. The zero-order valence-corrected chi connectivity index (χ0v) is 19.4. The van der Waals surface area contributed by atoms with Crippen LogP contribution < -0.4 is 9.62 Å². The predicted octanol–water partition coefficient (Wildman–Crippen LogP) is 5.14. The van der Waals surface area contributed by atoms with Gasteiger partial charge in [-0.1, -0.05) is 48.5 Å². The number of amides is 1. The van der Waals surface area contributed by atoms with Crippen LogP contribution in [0.1, 0.15) is 38.2 Å². The van der Waals surface area contributed by atoms with E-state index in [0.29, 0.717) is 11.3 Å². The first-order valence-electron chi connectivity index (χ1n) is 10.1. The molecule has 0 aliphatic heterocycles. The third kappa shape index (κ3) is 5.14. The van der Waals surface area contributed by atoms with Crippen molar-refractivity contribution in [2.75, 3.05) is 15.9 Å². The maximum Gasteiger partial charge on any atom is 0.255 e. The first kappa shape index (κ1) is 22.6. The van der Waals surface area contributed by atoms with Crippen molar-refractivity contribution in [2.45, 2.75) is 34.2 Å². The minimum absolute atomic E-state index is 0.196. The van der Waals surface area contributed by atoms with E-state index in [1.165, 1.54) is 10.6 Å². The van der Waals surface area contributed by atoms with Crippen molar-refractivity contribution in [1.82, 2.24) is 0 Å². The number of nitrogens with zero attached hydrogens (tertiary/aromatic N) is 1. The molecule has 0 fully saturated rings. The van der Waals surface area contributed by atoms with Crippen molar-refractivity contribution in [1.29, 1.82) is 0 Å². The van der Waals surface area contributed by atoms with E-state index < -0.39 is 10.0 Å². The van der Waals surface area contributed by atoms with Crippen LogP contribution in [-0.4, -0.2) is 20.6 Å². The number of benzene rings is 3. The molecular formula is C25H28N2O3S. The van der Waals surface area contributed by atoms with Crippen molar-refractivity contribution < 1.29 is 13.2 Å². The molecular weight excluding hydrogens is 408 g/mol. The Morgan fingerprint density at radius 1 is 0.806 bits per heavy atom. The molecule has 162 valence electrons. The number of carbonyl (C=O) groups excluding carboxylic acids is 1. The van der Waals surface area contributed by atoms with E-state index >= 15 is 0 Å². The maximum absolute atomic E-state index is 12.7. The van der Waals surface area contributed by atoms with E-state index in [2.05, 4.69) is 5.32 Å². The highest BCUT2D eigenvalue weighted by atomic mass is 32.2. The zero-order valence-electron chi connectivity index (χ0n) is 18.6. The highest BCUT2D eigenvalue weighted by Crippen LogP contribution is 2.28. The minimum atomic E-state index is -3.48. The Labute approximate surface area is 184 Å². The first-order valence-corrected chi connectivity index (χ1v) is 11.9. The van der Waals surface area contributed by atoms with Gasteiger partial charge in [0.05, 0.1) is 18.5 Å². The van der Waals surface area contributed by atoms with Gasteiger partial charge in [-0.05, 0) is 67.6 Å². The molecule has 0 saturated carbocycles. The van der Waals surface area contributed by atoms with Gasteiger partial charge in [0.25, 0.3) is 5.91 Å². The second kappa shape index (κ2) is 8.94. The van der Waals surface area contributed by atoms with Crippen LogP contribution in [0, 0.1) is 27.7 Å². The third-order valence-corrected chi connectivity index (χ3v) is 6.46. The fraction of sp³-hybridized carbons (Fsp3) is 0.240. The Morgan fingerprint density at radius 2 is 1.29 bits per heavy atom. The smallest absolute Gasteiger partial charge is 0.255 e. The molecule has 3 rings (SSSR count). The van der Waals surface area contributed by atoms with E-state index in [1.807, 2.05) is 64.1 Å². The van der Waals surface area contributed by atoms with Gasteiger partial charge in [0.1, 0.15) is 0 Å². The molecule has 3 aromatic rings. The van der Waals surface area contributed by atoms with Crippen molar-refractivity contribution >= 4 is 27.3 Å². The Balaban J connectivity index is 1.84. The second-order valence-electron chi connectivity index (χ2n) is 7.93. The molecule has 1 N–H and O–H groups in total. The van der Waals surface area contributed by atoms with Gasteiger partial charge in [-0.15, -0.1) is 0 Å². The van der Waals surface area contributed by atoms with E-state index in [1.54, 1.807) is 24.3 Å². The molecule has 0 atom stereocenters. The SMILES string of the molecule is Cc1cccc(C)c1NC(=O)c1ccc(CN(c2c(C)cccc2C)S(C)(=O)=O)cc1. The van der Waals surface area contributed by atoms with Crippen molar-refractivity contribution in [3.05, 3.63) is 94.0 Å². The molecule has 3 aromatic carbocycles. The number of rotatable bonds is 6. The molecule has 0 unspecified atom stereocenters. The van der Waals surface area contributed by atoms with Crippen LogP contribution in [0.5, 0.6) is 0 Å². The Morgan fingerprint density at radius 3 is 1.77 bits per heavy atom. The topological polar surface area (TPSA) is 66.5 Å². The summed E-state index contributed by atoms with van der Waals surface area (Å²) in [6, 6.07) is 18.6. The molecule has 31 heavy (non-hydrogen) atoms. The zero-order chi connectivity index (χ0) is 22.8. The van der Waals surface area contributed by atoms with Gasteiger partial charge < -0.3 is 5.32 Å². The van der Waals surface area contributed by atoms with Gasteiger partial charge in [0, 0.05) is 11.3 Å². The summed E-state index contributed by atoms with van der Waals surface area (Å²) in [6.07, 6.45) is 1.21. The predicted molar refractivity (Wildman–Crippen MR) is 127 cm³/mol. The van der Waals surface area contributed by atoms with Crippen molar-refractivity contribution in [3.63, 3.8) is 0 Å². The quantitative estimate of drug-likeness (QED) is 0.582. The Bertz CT molecular complexity index is 1180. The van der Waals surface area contributed by atoms with Gasteiger partial charge in [0.2, 0.25) is 10.0 Å². The van der Waals surface area contributed by atoms with E-state index in [0.717, 1.165) is 33.5 Å². The highest BCUT2D eigenvalue weighted by Gasteiger charge is 2.21. The minimum Gasteiger partial charge on any atom is -0.322 e. The molecule has 0 aliphatic rings. The molecule has 5 nitrogen and oxygen atoms in total. The summed E-state index contributed by atoms with van der Waals surface area (Å²) in [5, 5.41) is 2.97. The largest absolute Gasteiger partial charge is 0.322 e. The molecule has 1 amide bonds. The maximum atomic E-state index is 12.7. The molecule has 0 spiro atoms. The summed E-state index contributed by atoms with van der Waals surface area (Å²) >= 11 is 0. The van der Waals surface area contributed by atoms with Crippen LogP contribution in [0.3, 0.4) is 0 Å². The third-order valence-electron chi connectivity index (χ3n) is 5.35. The van der Waals surface area contributed by atoms with Gasteiger partial charge in [-0.2, -0.15) is 0 Å². The fourth-order valence-corrected chi connectivity index (χ4v) is 4.69. The summed E-state index contributed by atoms with van der Waals surface area (Å²) in [5.41, 5.74) is 6.63. The second-order valence-corrected chi connectivity index (χ2v) is 9.83. The van der Waals surface area contributed by atoms with Crippen molar-refractivity contribution in [3.8, 4) is 0 Å². The summed E-state index contributed by atoms with van der Waals surface area (Å²) < 4.78 is 26.5. The summed E-state index contributed by atoms with van der Waals surface area (Å²) in [7, 11) is -3.48. The fourth-order valence-electron chi connectivity index (χ4n) is 3.69. The lowest BCUT2D eigenvalue weighted by Gasteiger charge is -2.26. The molecule has 0 bridgehead atoms. The van der Waals surface area contributed by atoms with Crippen LogP contribution in [0.2, 0.25) is 0 Å². The lowest BCUT2D eigenvalue weighted by atomic mass is 10.1. The van der Waals surface area contributed by atoms with Gasteiger partial charge in [-0.25, -0.2) is 8.42 Å². The molecule has 0 aromatic heterocycles. The van der Waals surface area contributed by atoms with Crippen LogP contribution >= 0.6 is 0 Å². The van der Waals surface area contributed by atoms with Gasteiger partial charge >= 0.3 is 0 Å². The molecule has 6 heteroatoms. The van der Waals surface area contributed by atoms with Crippen molar-refractivity contribution in [2.24, 2.45) is 0 Å². The number of aryl methyl sites for hydroxylation is 4. The van der Waals surface area contributed by atoms with E-state index in [4.69, 9.17) is 0 Å². The van der Waals surface area contributed by atoms with Crippen LogP contribution in [0.15, 0.2) is 60.7 Å². The van der Waals surface area contributed by atoms with Crippen LogP contribution in [0.4, 0.5) is 11.4 Å². The normalized spacial score (nSPS) is 11.3. The first-order chi connectivity index (χ1) is 14.6. The number of hydrogen-bond donors (Lipinski definition) is 1. The monoisotopic (exact) mass is 436 g/mol. The average Bonchev–Trinajstić information content (AvgIpc) is 2.69. The summed E-state index contributed by atoms with van der Waals surface area (Å²) in [4.78, 5) is 12.7. The number of carbonyl (C=O) groups is 1. The number of sulfonamides is 1. The Kier molecular flexibility index (Phi) is 6.51. The van der Waals surface area contributed by atoms with Gasteiger partial charge in [0.15, 0.2) is 0 Å². The molecule has 0 saturated heterocycles. The van der Waals surface area contributed by atoms with Crippen LogP contribution in [-0.2, 0) is 16.6 Å². The van der Waals surface area contributed by atoms with Crippen LogP contribution in [0.25, 0.3) is 0 Å². The standard InChI is InChI=1S/C25H28N2O3S/c1-17-8-6-9-18(2)23(17)26-25(28)22-14-12-21(13-15-22)16-27(31(5,29)30)24-19(3)10-7-11-20(24)4/h6-15H,16H2,1-5H3,(H,26,28). The average molecular weight is 437 g/mol. The number of hydrogen-bond acceptors (Lipinski definition) is 3. The lowest BCUT2D eigenvalue weighted by molar-refractivity contribution is 0.102. The van der Waals surface area contributed by atoms with E-state index in [-0.39, 0.29) is 12.5 Å². The summed E-state index contributed by atoms with van der Waals surface area (Å²) in [5.74, 6) is -0.196. The molecule has 0 heterocycles. The highest BCUT2D eigenvalue weighted by molar-refractivity contribution is 7.92. The number of nitrogens with one attached hydrogen (secondary N) is 1. The number of anilines is 2.